The SMILES string of the molecule is CCCCNC(=O)Nc1cc(C(F)(F)F)ccc1NC1CCCCC1. The van der Waals surface area contributed by atoms with E-state index in [2.05, 4.69) is 16.0 Å². The second-order valence-corrected chi connectivity index (χ2v) is 6.47. The minimum absolute atomic E-state index is 0.161. The molecule has 7 heteroatoms. The molecule has 2 amide bonds. The van der Waals surface area contributed by atoms with Crippen LogP contribution in [0.5, 0.6) is 0 Å². The topological polar surface area (TPSA) is 53.2 Å². The van der Waals surface area contributed by atoms with Gasteiger partial charge < -0.3 is 16.0 Å². The van der Waals surface area contributed by atoms with E-state index in [1.807, 2.05) is 6.92 Å². The van der Waals surface area contributed by atoms with Gasteiger partial charge in [0.15, 0.2) is 0 Å². The number of carbonyl (C=O) groups is 1. The molecule has 0 atom stereocenters. The first-order chi connectivity index (χ1) is 11.9. The van der Waals surface area contributed by atoms with Crippen LogP contribution in [0.15, 0.2) is 18.2 Å². The summed E-state index contributed by atoms with van der Waals surface area (Å²) in [6.07, 6.45) is 2.69. The van der Waals surface area contributed by atoms with Gasteiger partial charge in [-0.15, -0.1) is 0 Å². The van der Waals surface area contributed by atoms with Crippen molar-refractivity contribution in [3.8, 4) is 0 Å². The van der Waals surface area contributed by atoms with Gasteiger partial charge in [-0.1, -0.05) is 32.6 Å². The molecule has 1 aromatic rings. The predicted molar refractivity (Wildman–Crippen MR) is 93.9 cm³/mol. The van der Waals surface area contributed by atoms with Crippen molar-refractivity contribution in [1.29, 1.82) is 0 Å². The van der Waals surface area contributed by atoms with Crippen molar-refractivity contribution in [2.24, 2.45) is 0 Å². The molecule has 140 valence electrons. The summed E-state index contributed by atoms with van der Waals surface area (Å²) >= 11 is 0. The first-order valence-electron chi connectivity index (χ1n) is 8.92. The van der Waals surface area contributed by atoms with E-state index in [1.165, 1.54) is 12.5 Å². The lowest BCUT2D eigenvalue weighted by Gasteiger charge is -2.25. The van der Waals surface area contributed by atoms with Crippen LogP contribution in [0.3, 0.4) is 0 Å². The molecule has 0 saturated heterocycles. The number of benzene rings is 1. The number of amides is 2. The molecule has 0 bridgehead atoms. The zero-order valence-electron chi connectivity index (χ0n) is 14.5. The highest BCUT2D eigenvalue weighted by atomic mass is 19.4. The summed E-state index contributed by atoms with van der Waals surface area (Å²) in [5.41, 5.74) is -0.0782. The molecule has 1 aliphatic carbocycles. The van der Waals surface area contributed by atoms with E-state index in [0.29, 0.717) is 12.2 Å². The minimum Gasteiger partial charge on any atom is -0.381 e. The average Bonchev–Trinajstić information content (AvgIpc) is 2.56. The molecule has 0 radical (unpaired) electrons. The van der Waals surface area contributed by atoms with Crippen molar-refractivity contribution in [3.05, 3.63) is 23.8 Å². The molecule has 0 aliphatic heterocycles. The summed E-state index contributed by atoms with van der Waals surface area (Å²) in [6, 6.07) is 3.18. The third-order valence-corrected chi connectivity index (χ3v) is 4.38. The van der Waals surface area contributed by atoms with E-state index in [4.69, 9.17) is 0 Å². The van der Waals surface area contributed by atoms with E-state index in [-0.39, 0.29) is 11.7 Å². The van der Waals surface area contributed by atoms with E-state index >= 15 is 0 Å². The summed E-state index contributed by atoms with van der Waals surface area (Å²) in [6.45, 7) is 2.49. The van der Waals surface area contributed by atoms with Crippen LogP contribution in [0.1, 0.15) is 57.4 Å². The van der Waals surface area contributed by atoms with Gasteiger partial charge in [-0.3, -0.25) is 0 Å². The first-order valence-corrected chi connectivity index (χ1v) is 8.92. The highest BCUT2D eigenvalue weighted by Crippen LogP contribution is 2.35. The van der Waals surface area contributed by atoms with Gasteiger partial charge in [0.2, 0.25) is 0 Å². The van der Waals surface area contributed by atoms with Crippen LogP contribution in [-0.2, 0) is 6.18 Å². The Hall–Kier alpha value is -1.92. The Kier molecular flexibility index (Phi) is 6.96. The summed E-state index contributed by atoms with van der Waals surface area (Å²) in [7, 11) is 0. The highest BCUT2D eigenvalue weighted by molar-refractivity contribution is 5.93. The maximum Gasteiger partial charge on any atom is 0.416 e. The third kappa shape index (κ3) is 6.14. The van der Waals surface area contributed by atoms with E-state index < -0.39 is 17.8 Å². The molecule has 2 rings (SSSR count). The molecule has 1 aliphatic rings. The zero-order valence-corrected chi connectivity index (χ0v) is 14.5. The van der Waals surface area contributed by atoms with Gasteiger partial charge >= 0.3 is 12.2 Å². The van der Waals surface area contributed by atoms with Crippen LogP contribution < -0.4 is 16.0 Å². The lowest BCUT2D eigenvalue weighted by molar-refractivity contribution is -0.137. The lowest BCUT2D eigenvalue weighted by Crippen LogP contribution is -2.30. The molecule has 4 nitrogen and oxygen atoms in total. The van der Waals surface area contributed by atoms with E-state index in [0.717, 1.165) is 50.7 Å². The van der Waals surface area contributed by atoms with Crippen molar-refractivity contribution >= 4 is 17.4 Å². The molecular weight excluding hydrogens is 331 g/mol. The normalized spacial score (nSPS) is 15.7. The highest BCUT2D eigenvalue weighted by Gasteiger charge is 2.31. The maximum absolute atomic E-state index is 13.0. The Morgan fingerprint density at radius 3 is 2.52 bits per heavy atom. The molecule has 1 fully saturated rings. The largest absolute Gasteiger partial charge is 0.416 e. The van der Waals surface area contributed by atoms with Gasteiger partial charge in [0.05, 0.1) is 16.9 Å². The number of urea groups is 1. The van der Waals surface area contributed by atoms with Crippen LogP contribution in [0.25, 0.3) is 0 Å². The van der Waals surface area contributed by atoms with Crippen molar-refractivity contribution in [3.63, 3.8) is 0 Å². The summed E-state index contributed by atoms with van der Waals surface area (Å²) < 4.78 is 39.0. The second-order valence-electron chi connectivity index (χ2n) is 6.47. The number of hydrogen-bond donors (Lipinski definition) is 3. The van der Waals surface area contributed by atoms with Gasteiger partial charge in [0, 0.05) is 12.6 Å². The number of halogens is 3. The van der Waals surface area contributed by atoms with Gasteiger partial charge in [-0.05, 0) is 37.5 Å². The number of hydrogen-bond acceptors (Lipinski definition) is 2. The fourth-order valence-corrected chi connectivity index (χ4v) is 2.96. The number of nitrogens with one attached hydrogen (secondary N) is 3. The Balaban J connectivity index is 2.14. The molecule has 1 saturated carbocycles. The van der Waals surface area contributed by atoms with Gasteiger partial charge in [-0.25, -0.2) is 4.79 Å². The van der Waals surface area contributed by atoms with Crippen molar-refractivity contribution in [1.82, 2.24) is 5.32 Å². The number of unbranched alkanes of at least 4 members (excludes halogenated alkanes) is 1. The fourth-order valence-electron chi connectivity index (χ4n) is 2.96. The summed E-state index contributed by atoms with van der Waals surface area (Å²) in [5.74, 6) is 0. The minimum atomic E-state index is -4.45. The van der Waals surface area contributed by atoms with Crippen molar-refractivity contribution in [2.75, 3.05) is 17.2 Å². The van der Waals surface area contributed by atoms with Crippen molar-refractivity contribution < 1.29 is 18.0 Å². The Morgan fingerprint density at radius 1 is 1.16 bits per heavy atom. The van der Waals surface area contributed by atoms with Gasteiger partial charge in [0.25, 0.3) is 0 Å². The van der Waals surface area contributed by atoms with E-state index in [1.54, 1.807) is 0 Å². The maximum atomic E-state index is 13.0. The average molecular weight is 357 g/mol. The fraction of sp³-hybridized carbons (Fsp3) is 0.611. The van der Waals surface area contributed by atoms with Crippen LogP contribution in [0, 0.1) is 0 Å². The number of carbonyl (C=O) groups excluding carboxylic acids is 1. The number of anilines is 2. The molecule has 0 aromatic heterocycles. The molecular formula is C18H26F3N3O. The first kappa shape index (κ1) is 19.4. The van der Waals surface area contributed by atoms with Gasteiger partial charge in [-0.2, -0.15) is 13.2 Å². The smallest absolute Gasteiger partial charge is 0.381 e. The van der Waals surface area contributed by atoms with Crippen LogP contribution in [0.4, 0.5) is 29.3 Å². The molecule has 0 heterocycles. The third-order valence-electron chi connectivity index (χ3n) is 4.38. The zero-order chi connectivity index (χ0) is 18.3. The van der Waals surface area contributed by atoms with Gasteiger partial charge in [0.1, 0.15) is 0 Å². The van der Waals surface area contributed by atoms with Crippen molar-refractivity contribution in [2.45, 2.75) is 64.1 Å². The van der Waals surface area contributed by atoms with Crippen LogP contribution in [-0.4, -0.2) is 18.6 Å². The molecule has 0 unspecified atom stereocenters. The Bertz CT molecular complexity index is 569. The molecule has 25 heavy (non-hydrogen) atoms. The van der Waals surface area contributed by atoms with Crippen LogP contribution >= 0.6 is 0 Å². The lowest BCUT2D eigenvalue weighted by atomic mass is 9.95. The molecule has 1 aromatic carbocycles. The standard InChI is InChI=1S/C18H26F3N3O/c1-2-3-11-22-17(25)24-16-12-13(18(19,20)21)9-10-15(16)23-14-7-5-4-6-8-14/h9-10,12,14,23H,2-8,11H2,1H3,(H2,22,24,25). The summed E-state index contributed by atoms with van der Waals surface area (Å²) in [5, 5.41) is 8.51. The Labute approximate surface area is 146 Å². The second kappa shape index (κ2) is 8.97. The number of rotatable bonds is 6. The monoisotopic (exact) mass is 357 g/mol. The number of alkyl halides is 3. The molecule has 0 spiro atoms. The Morgan fingerprint density at radius 2 is 1.88 bits per heavy atom. The van der Waals surface area contributed by atoms with E-state index in [9.17, 15) is 18.0 Å². The van der Waals surface area contributed by atoms with Crippen LogP contribution in [0.2, 0.25) is 0 Å². The quantitative estimate of drug-likeness (QED) is 0.599. The predicted octanol–water partition coefficient (Wildman–Crippen LogP) is 5.37. The molecule has 3 N–H and O–H groups in total. The summed E-state index contributed by atoms with van der Waals surface area (Å²) in [4.78, 5) is 12.0.